The van der Waals surface area contributed by atoms with Crippen molar-refractivity contribution in [1.82, 2.24) is 9.55 Å². The van der Waals surface area contributed by atoms with E-state index in [1.165, 1.54) is 12.1 Å². The maximum Gasteiger partial charge on any atom is 0.573 e. The van der Waals surface area contributed by atoms with Crippen LogP contribution in [0.5, 0.6) is 11.5 Å². The molecule has 1 aromatic heterocycles. The molecular formula is C27H34F3N3O2. The first-order valence-corrected chi connectivity index (χ1v) is 12.0. The van der Waals surface area contributed by atoms with Crippen molar-refractivity contribution < 1.29 is 22.6 Å². The first-order chi connectivity index (χ1) is 16.2. The number of hydrogen-bond acceptors (Lipinski definition) is 4. The number of fused-ring (bicyclic) bond motifs is 1. The van der Waals surface area contributed by atoms with Gasteiger partial charge in [-0.25, -0.2) is 4.98 Å². The molecule has 0 radical (unpaired) electrons. The summed E-state index contributed by atoms with van der Waals surface area (Å²) in [5.41, 5.74) is 2.75. The Morgan fingerprint density at radius 2 is 1.57 bits per heavy atom. The number of ether oxygens (including phenoxy) is 2. The Balaban J connectivity index is 1.75. The van der Waals surface area contributed by atoms with Crippen LogP contribution in [0.3, 0.4) is 0 Å². The van der Waals surface area contributed by atoms with Crippen LogP contribution in [-0.2, 0) is 0 Å². The Hall–Kier alpha value is -2.90. The average molecular weight is 490 g/mol. The summed E-state index contributed by atoms with van der Waals surface area (Å²) in [4.78, 5) is 4.87. The monoisotopic (exact) mass is 489 g/mol. The SMILES string of the molecule is CC(C)Oc1ccc2nc(Nc3ccc(OC(F)(F)F)cc3)n(C3CC(C)(C)CC(C)(C)C3)c2c1. The second-order valence-corrected chi connectivity index (χ2v) is 11.4. The Kier molecular flexibility index (Phi) is 6.45. The summed E-state index contributed by atoms with van der Waals surface area (Å²) >= 11 is 0. The van der Waals surface area contributed by atoms with E-state index in [1.807, 2.05) is 32.0 Å². The van der Waals surface area contributed by atoms with Gasteiger partial charge in [-0.15, -0.1) is 13.2 Å². The summed E-state index contributed by atoms with van der Waals surface area (Å²) in [6.07, 6.45) is -1.56. The van der Waals surface area contributed by atoms with Gasteiger partial charge >= 0.3 is 6.36 Å². The molecule has 0 aliphatic heterocycles. The number of halogens is 3. The number of rotatable bonds is 6. The van der Waals surface area contributed by atoms with Gasteiger partial charge in [0.2, 0.25) is 5.95 Å². The lowest BCUT2D eigenvalue weighted by atomic mass is 9.63. The standard InChI is InChI=1S/C27H34F3N3O2/c1-17(2)34-21-11-12-22-23(13-21)33(19-14-25(3,4)16-26(5,6)15-19)24(32-22)31-18-7-9-20(10-8-18)35-27(28,29)30/h7-13,17,19H,14-16H2,1-6H3,(H,31,32). The third-order valence-electron chi connectivity index (χ3n) is 6.28. The third kappa shape index (κ3) is 6.21. The van der Waals surface area contributed by atoms with Crippen LogP contribution in [0, 0.1) is 10.8 Å². The van der Waals surface area contributed by atoms with Crippen molar-refractivity contribution in [2.75, 3.05) is 5.32 Å². The van der Waals surface area contributed by atoms with Gasteiger partial charge < -0.3 is 19.4 Å². The zero-order valence-corrected chi connectivity index (χ0v) is 21.2. The molecule has 1 saturated carbocycles. The molecule has 5 nitrogen and oxygen atoms in total. The van der Waals surface area contributed by atoms with Crippen LogP contribution in [0.4, 0.5) is 24.8 Å². The zero-order valence-electron chi connectivity index (χ0n) is 21.2. The smallest absolute Gasteiger partial charge is 0.491 e. The van der Waals surface area contributed by atoms with Gasteiger partial charge in [0.25, 0.3) is 0 Å². The van der Waals surface area contributed by atoms with E-state index < -0.39 is 6.36 Å². The predicted molar refractivity (Wildman–Crippen MR) is 132 cm³/mol. The summed E-state index contributed by atoms with van der Waals surface area (Å²) < 4.78 is 49.8. The maximum atomic E-state index is 12.5. The topological polar surface area (TPSA) is 48.3 Å². The van der Waals surface area contributed by atoms with Crippen molar-refractivity contribution in [3.8, 4) is 11.5 Å². The van der Waals surface area contributed by atoms with E-state index in [9.17, 15) is 13.2 Å². The highest BCUT2D eigenvalue weighted by molar-refractivity contribution is 5.81. The van der Waals surface area contributed by atoms with Crippen LogP contribution in [0.25, 0.3) is 11.0 Å². The molecule has 1 aliphatic carbocycles. The fraction of sp³-hybridized carbons (Fsp3) is 0.519. The number of hydrogen-bond donors (Lipinski definition) is 1. The Bertz CT molecular complexity index is 1160. The van der Waals surface area contributed by atoms with Crippen molar-refractivity contribution in [3.05, 3.63) is 42.5 Å². The fourth-order valence-corrected chi connectivity index (χ4v) is 5.72. The molecular weight excluding hydrogens is 455 g/mol. The molecule has 0 bridgehead atoms. The molecule has 0 saturated heterocycles. The average Bonchev–Trinajstić information content (AvgIpc) is 3.02. The number of imidazole rings is 1. The van der Waals surface area contributed by atoms with Crippen LogP contribution in [-0.4, -0.2) is 22.0 Å². The summed E-state index contributed by atoms with van der Waals surface area (Å²) in [5, 5.41) is 3.34. The van der Waals surface area contributed by atoms with Crippen LogP contribution >= 0.6 is 0 Å². The van der Waals surface area contributed by atoms with Crippen molar-refractivity contribution >= 4 is 22.7 Å². The van der Waals surface area contributed by atoms with Gasteiger partial charge in [0.05, 0.1) is 17.1 Å². The lowest BCUT2D eigenvalue weighted by Gasteiger charge is -2.45. The number of anilines is 2. The molecule has 2 aromatic carbocycles. The van der Waals surface area contributed by atoms with E-state index in [2.05, 4.69) is 42.3 Å². The van der Waals surface area contributed by atoms with Gasteiger partial charge in [0.15, 0.2) is 0 Å². The molecule has 3 aromatic rings. The van der Waals surface area contributed by atoms with Gasteiger partial charge in [-0.2, -0.15) is 0 Å². The van der Waals surface area contributed by atoms with Crippen molar-refractivity contribution in [2.45, 2.75) is 79.3 Å². The first kappa shape index (κ1) is 25.2. The van der Waals surface area contributed by atoms with Crippen molar-refractivity contribution in [1.29, 1.82) is 0 Å². The minimum absolute atomic E-state index is 0.0476. The highest BCUT2D eigenvalue weighted by Crippen LogP contribution is 2.51. The number of nitrogens with zero attached hydrogens (tertiary/aromatic N) is 2. The van der Waals surface area contributed by atoms with E-state index in [1.54, 1.807) is 12.1 Å². The fourth-order valence-electron chi connectivity index (χ4n) is 5.72. The molecule has 1 N–H and O–H groups in total. The van der Waals surface area contributed by atoms with Crippen molar-refractivity contribution in [2.24, 2.45) is 10.8 Å². The first-order valence-electron chi connectivity index (χ1n) is 12.0. The van der Waals surface area contributed by atoms with Gasteiger partial charge in [-0.05, 0) is 80.3 Å². The molecule has 0 unspecified atom stereocenters. The number of aromatic nitrogens is 2. The van der Waals surface area contributed by atoms with Crippen LogP contribution in [0.2, 0.25) is 0 Å². The lowest BCUT2D eigenvalue weighted by molar-refractivity contribution is -0.274. The number of nitrogens with one attached hydrogen (secondary N) is 1. The van der Waals surface area contributed by atoms with Crippen LogP contribution in [0.1, 0.15) is 66.8 Å². The summed E-state index contributed by atoms with van der Waals surface area (Å²) in [6.45, 7) is 13.2. The van der Waals surface area contributed by atoms with Crippen LogP contribution < -0.4 is 14.8 Å². The molecule has 1 fully saturated rings. The van der Waals surface area contributed by atoms with E-state index in [0.29, 0.717) is 11.6 Å². The van der Waals surface area contributed by atoms with E-state index in [0.717, 1.165) is 36.0 Å². The summed E-state index contributed by atoms with van der Waals surface area (Å²) in [7, 11) is 0. The molecule has 0 atom stereocenters. The second kappa shape index (κ2) is 8.95. The molecule has 1 heterocycles. The molecule has 0 spiro atoms. The highest BCUT2D eigenvalue weighted by atomic mass is 19.4. The molecule has 1 aliphatic rings. The van der Waals surface area contributed by atoms with Gasteiger partial charge in [-0.1, -0.05) is 27.7 Å². The molecule has 35 heavy (non-hydrogen) atoms. The molecule has 190 valence electrons. The van der Waals surface area contributed by atoms with Crippen molar-refractivity contribution in [3.63, 3.8) is 0 Å². The Morgan fingerprint density at radius 1 is 0.971 bits per heavy atom. The summed E-state index contributed by atoms with van der Waals surface area (Å²) in [5.74, 6) is 1.18. The second-order valence-electron chi connectivity index (χ2n) is 11.4. The zero-order chi connectivity index (χ0) is 25.6. The minimum atomic E-state index is -4.72. The van der Waals surface area contributed by atoms with E-state index in [4.69, 9.17) is 9.72 Å². The predicted octanol–water partition coefficient (Wildman–Crippen LogP) is 8.24. The lowest BCUT2D eigenvalue weighted by Crippen LogP contribution is -2.35. The Morgan fingerprint density at radius 3 is 2.14 bits per heavy atom. The summed E-state index contributed by atoms with van der Waals surface area (Å²) in [6, 6.07) is 11.8. The molecule has 4 rings (SSSR count). The number of alkyl halides is 3. The minimum Gasteiger partial charge on any atom is -0.491 e. The quantitative estimate of drug-likeness (QED) is 0.379. The van der Waals surface area contributed by atoms with Gasteiger partial charge in [-0.3, -0.25) is 0 Å². The largest absolute Gasteiger partial charge is 0.573 e. The van der Waals surface area contributed by atoms with E-state index >= 15 is 0 Å². The highest BCUT2D eigenvalue weighted by Gasteiger charge is 2.40. The Labute approximate surface area is 204 Å². The van der Waals surface area contributed by atoms with E-state index in [-0.39, 0.29) is 28.7 Å². The maximum absolute atomic E-state index is 12.5. The third-order valence-corrected chi connectivity index (χ3v) is 6.28. The van der Waals surface area contributed by atoms with Crippen LogP contribution in [0.15, 0.2) is 42.5 Å². The molecule has 8 heteroatoms. The van der Waals surface area contributed by atoms with Gasteiger partial charge in [0.1, 0.15) is 11.5 Å². The van der Waals surface area contributed by atoms with Gasteiger partial charge in [0, 0.05) is 17.8 Å². The number of benzene rings is 2. The molecule has 0 amide bonds. The normalized spacial score (nSPS) is 18.1.